The van der Waals surface area contributed by atoms with Gasteiger partial charge < -0.3 is 0 Å². The molecule has 1 aromatic carbocycles. The zero-order valence-corrected chi connectivity index (χ0v) is 12.9. The van der Waals surface area contributed by atoms with Gasteiger partial charge in [-0.05, 0) is 41.1 Å². The van der Waals surface area contributed by atoms with Crippen LogP contribution in [0.4, 0.5) is 5.69 Å². The van der Waals surface area contributed by atoms with Gasteiger partial charge in [-0.2, -0.15) is 0 Å². The summed E-state index contributed by atoms with van der Waals surface area (Å²) in [4.78, 5) is 0. The number of hydrogen-bond acceptors (Lipinski definition) is 2. The van der Waals surface area contributed by atoms with Crippen molar-refractivity contribution in [3.63, 3.8) is 0 Å². The number of hydrogen-bond donors (Lipinski definition) is 1. The first-order chi connectivity index (χ1) is 7.37. The summed E-state index contributed by atoms with van der Waals surface area (Å²) in [7, 11) is -3.32. The highest BCUT2D eigenvalue weighted by atomic mass is 127. The molecule has 0 saturated carbocycles. The van der Waals surface area contributed by atoms with Gasteiger partial charge in [0.15, 0.2) is 0 Å². The van der Waals surface area contributed by atoms with Crippen LogP contribution in [-0.2, 0) is 10.0 Å². The summed E-state index contributed by atoms with van der Waals surface area (Å²) >= 11 is 13.8. The van der Waals surface area contributed by atoms with Crippen molar-refractivity contribution < 1.29 is 8.42 Å². The number of anilines is 1. The topological polar surface area (TPSA) is 46.2 Å². The highest BCUT2D eigenvalue weighted by Crippen LogP contribution is 2.33. The number of rotatable bonds is 4. The Kier molecular flexibility index (Phi) is 5.15. The lowest BCUT2D eigenvalue weighted by Gasteiger charge is -2.10. The quantitative estimate of drug-likeness (QED) is 0.625. The van der Waals surface area contributed by atoms with E-state index < -0.39 is 10.0 Å². The van der Waals surface area contributed by atoms with E-state index in [2.05, 4.69) is 4.72 Å². The van der Waals surface area contributed by atoms with Crippen molar-refractivity contribution in [1.29, 1.82) is 0 Å². The van der Waals surface area contributed by atoms with Gasteiger partial charge in [-0.25, -0.2) is 8.42 Å². The molecule has 1 N–H and O–H groups in total. The highest BCUT2D eigenvalue weighted by molar-refractivity contribution is 14.1. The Morgan fingerprint density at radius 1 is 1.38 bits per heavy atom. The Morgan fingerprint density at radius 3 is 2.56 bits per heavy atom. The fourth-order valence-corrected chi connectivity index (χ4v) is 3.18. The average Bonchev–Trinajstić information content (AvgIpc) is 2.19. The minimum Gasteiger partial charge on any atom is -0.282 e. The summed E-state index contributed by atoms with van der Waals surface area (Å²) in [5.74, 6) is 0.0720. The largest absolute Gasteiger partial charge is 0.282 e. The molecular weight excluding hydrogens is 384 g/mol. The Balaban J connectivity index is 3.04. The summed E-state index contributed by atoms with van der Waals surface area (Å²) in [5, 5.41) is 0.830. The molecule has 0 fully saturated rings. The van der Waals surface area contributed by atoms with Crippen LogP contribution in [0.15, 0.2) is 12.1 Å². The number of halogens is 3. The maximum Gasteiger partial charge on any atom is 0.232 e. The maximum absolute atomic E-state index is 11.5. The molecule has 0 radical (unpaired) electrons. The van der Waals surface area contributed by atoms with Gasteiger partial charge in [0, 0.05) is 0 Å². The standard InChI is InChI=1S/C9H10Cl2INO2S/c1-2-5-16(14,15)13-7-4-3-6(10)9(12)8(7)11/h3-4,13H,2,5H2,1H3. The molecule has 1 aromatic rings. The Hall–Kier alpha value is 0.280. The van der Waals surface area contributed by atoms with Gasteiger partial charge in [-0.1, -0.05) is 30.1 Å². The molecule has 0 bridgehead atoms. The third kappa shape index (κ3) is 3.65. The average molecular weight is 394 g/mol. The SMILES string of the molecule is CCCS(=O)(=O)Nc1ccc(Cl)c(I)c1Cl. The van der Waals surface area contributed by atoms with Crippen LogP contribution in [-0.4, -0.2) is 14.2 Å². The second-order valence-corrected chi connectivity index (χ2v) is 6.85. The van der Waals surface area contributed by atoms with E-state index in [0.717, 1.165) is 0 Å². The maximum atomic E-state index is 11.5. The van der Waals surface area contributed by atoms with Crippen molar-refractivity contribution in [3.05, 3.63) is 25.7 Å². The lowest BCUT2D eigenvalue weighted by molar-refractivity contribution is 0.600. The van der Waals surface area contributed by atoms with Crippen LogP contribution < -0.4 is 4.72 Å². The van der Waals surface area contributed by atoms with E-state index in [1.54, 1.807) is 19.1 Å². The first-order valence-corrected chi connectivity index (χ1v) is 8.00. The van der Waals surface area contributed by atoms with E-state index >= 15 is 0 Å². The van der Waals surface area contributed by atoms with E-state index in [-0.39, 0.29) is 5.75 Å². The molecule has 0 aliphatic heterocycles. The van der Waals surface area contributed by atoms with Crippen LogP contribution in [0.3, 0.4) is 0 Å². The molecule has 0 saturated heterocycles. The molecule has 0 heterocycles. The minimum atomic E-state index is -3.32. The van der Waals surface area contributed by atoms with Gasteiger partial charge in [0.25, 0.3) is 0 Å². The van der Waals surface area contributed by atoms with E-state index in [0.29, 0.717) is 25.7 Å². The van der Waals surface area contributed by atoms with Crippen molar-refractivity contribution in [3.8, 4) is 0 Å². The second-order valence-electron chi connectivity index (χ2n) is 3.14. The molecule has 0 amide bonds. The zero-order chi connectivity index (χ0) is 12.3. The fourth-order valence-electron chi connectivity index (χ4n) is 1.09. The normalized spacial score (nSPS) is 11.5. The molecule has 0 aliphatic rings. The Morgan fingerprint density at radius 2 is 2.00 bits per heavy atom. The van der Waals surface area contributed by atoms with Crippen molar-refractivity contribution in [2.45, 2.75) is 13.3 Å². The minimum absolute atomic E-state index is 0.0720. The monoisotopic (exact) mass is 393 g/mol. The van der Waals surface area contributed by atoms with Crippen LogP contribution in [0.25, 0.3) is 0 Å². The molecule has 90 valence electrons. The molecule has 0 unspecified atom stereocenters. The number of benzene rings is 1. The third-order valence-corrected chi connectivity index (χ3v) is 5.72. The predicted molar refractivity (Wildman–Crippen MR) is 76.9 cm³/mol. The molecule has 16 heavy (non-hydrogen) atoms. The number of nitrogens with one attached hydrogen (secondary N) is 1. The van der Waals surface area contributed by atoms with Crippen LogP contribution in [0.1, 0.15) is 13.3 Å². The van der Waals surface area contributed by atoms with Crippen LogP contribution >= 0.6 is 45.8 Å². The molecule has 0 aromatic heterocycles. The van der Waals surface area contributed by atoms with E-state index in [1.807, 2.05) is 22.6 Å². The zero-order valence-electron chi connectivity index (χ0n) is 8.43. The first kappa shape index (κ1) is 14.3. The van der Waals surface area contributed by atoms with E-state index in [1.165, 1.54) is 0 Å². The van der Waals surface area contributed by atoms with Crippen molar-refractivity contribution in [2.75, 3.05) is 10.5 Å². The van der Waals surface area contributed by atoms with Crippen molar-refractivity contribution in [1.82, 2.24) is 0 Å². The third-order valence-electron chi connectivity index (χ3n) is 1.77. The first-order valence-electron chi connectivity index (χ1n) is 4.51. The summed E-state index contributed by atoms with van der Waals surface area (Å²) in [6, 6.07) is 3.17. The van der Waals surface area contributed by atoms with E-state index in [9.17, 15) is 8.42 Å². The summed E-state index contributed by atoms with van der Waals surface area (Å²) in [6.07, 6.45) is 0.553. The van der Waals surface area contributed by atoms with Crippen LogP contribution in [0.2, 0.25) is 10.0 Å². The molecule has 1 rings (SSSR count). The molecule has 0 atom stereocenters. The molecule has 0 aliphatic carbocycles. The van der Waals surface area contributed by atoms with Crippen LogP contribution in [0.5, 0.6) is 0 Å². The second kappa shape index (κ2) is 5.75. The molecule has 3 nitrogen and oxygen atoms in total. The smallest absolute Gasteiger partial charge is 0.232 e. The lowest BCUT2D eigenvalue weighted by atomic mass is 10.3. The van der Waals surface area contributed by atoms with Crippen molar-refractivity contribution >= 4 is 61.5 Å². The van der Waals surface area contributed by atoms with E-state index in [4.69, 9.17) is 23.2 Å². The van der Waals surface area contributed by atoms with Gasteiger partial charge >= 0.3 is 0 Å². The highest BCUT2D eigenvalue weighted by Gasteiger charge is 2.14. The summed E-state index contributed by atoms with van der Waals surface area (Å²) < 4.78 is 26.2. The van der Waals surface area contributed by atoms with Crippen molar-refractivity contribution in [2.24, 2.45) is 0 Å². The fraction of sp³-hybridized carbons (Fsp3) is 0.333. The van der Waals surface area contributed by atoms with Gasteiger partial charge in [0.05, 0.1) is 25.1 Å². The Labute approximate surface area is 119 Å². The molecular formula is C9H10Cl2INO2S. The van der Waals surface area contributed by atoms with Crippen LogP contribution in [0, 0.1) is 3.57 Å². The van der Waals surface area contributed by atoms with Gasteiger partial charge in [0.2, 0.25) is 10.0 Å². The lowest BCUT2D eigenvalue weighted by Crippen LogP contribution is -2.16. The molecule has 7 heteroatoms. The van der Waals surface area contributed by atoms with Gasteiger partial charge in [-0.3, -0.25) is 4.72 Å². The Bertz CT molecular complexity index is 491. The van der Waals surface area contributed by atoms with Gasteiger partial charge in [-0.15, -0.1) is 0 Å². The predicted octanol–water partition coefficient (Wildman–Crippen LogP) is 3.75. The summed E-state index contributed by atoms with van der Waals surface area (Å²) in [5.41, 5.74) is 0.365. The molecule has 0 spiro atoms. The number of sulfonamides is 1. The van der Waals surface area contributed by atoms with Gasteiger partial charge in [0.1, 0.15) is 0 Å². The summed E-state index contributed by atoms with van der Waals surface area (Å²) in [6.45, 7) is 1.80.